The average molecular weight is 302 g/mol. The summed E-state index contributed by atoms with van der Waals surface area (Å²) in [6.45, 7) is 4.87. The minimum absolute atomic E-state index is 0.0397. The number of hydrogen-bond donors (Lipinski definition) is 2. The highest BCUT2D eigenvalue weighted by atomic mass is 35.5. The lowest BCUT2D eigenvalue weighted by Gasteiger charge is -2.27. The van der Waals surface area contributed by atoms with Crippen LogP contribution in [-0.2, 0) is 11.3 Å². The van der Waals surface area contributed by atoms with E-state index in [-0.39, 0.29) is 18.2 Å². The van der Waals surface area contributed by atoms with E-state index in [0.717, 1.165) is 0 Å². The standard InChI is InChI=1S/C14H20ClNO4/c1-4-16(9(2)5-13(17)18)8-10-6-11(15)7-12(20-3)14(10)19/h6-7,9,19H,4-5,8H2,1-3H3,(H,17,18). The third-order valence-electron chi connectivity index (χ3n) is 3.21. The van der Waals surface area contributed by atoms with Gasteiger partial charge >= 0.3 is 5.97 Å². The van der Waals surface area contributed by atoms with Crippen LogP contribution >= 0.6 is 11.6 Å². The van der Waals surface area contributed by atoms with Gasteiger partial charge in [-0.3, -0.25) is 9.69 Å². The maximum absolute atomic E-state index is 10.8. The Bertz CT molecular complexity index is 478. The SMILES string of the molecule is CCN(Cc1cc(Cl)cc(OC)c1O)C(C)CC(=O)O. The maximum Gasteiger partial charge on any atom is 0.304 e. The summed E-state index contributed by atoms with van der Waals surface area (Å²) < 4.78 is 5.06. The Morgan fingerprint density at radius 1 is 1.50 bits per heavy atom. The van der Waals surface area contributed by atoms with E-state index >= 15 is 0 Å². The van der Waals surface area contributed by atoms with Gasteiger partial charge in [0, 0.05) is 29.2 Å². The summed E-state index contributed by atoms with van der Waals surface area (Å²) >= 11 is 5.99. The Hall–Kier alpha value is -1.46. The molecule has 6 heteroatoms. The molecule has 1 aromatic carbocycles. The van der Waals surface area contributed by atoms with Gasteiger partial charge < -0.3 is 14.9 Å². The summed E-state index contributed by atoms with van der Waals surface area (Å²) in [4.78, 5) is 12.7. The van der Waals surface area contributed by atoms with Gasteiger partial charge in [-0.2, -0.15) is 0 Å². The Labute approximate surface area is 123 Å². The minimum atomic E-state index is -0.844. The molecule has 1 aromatic rings. The van der Waals surface area contributed by atoms with E-state index in [2.05, 4.69) is 0 Å². The lowest BCUT2D eigenvalue weighted by Crippen LogP contribution is -2.34. The molecule has 0 heterocycles. The second-order valence-electron chi connectivity index (χ2n) is 4.63. The van der Waals surface area contributed by atoms with Crippen LogP contribution in [0.2, 0.25) is 5.02 Å². The predicted molar refractivity (Wildman–Crippen MR) is 77.5 cm³/mol. The van der Waals surface area contributed by atoms with E-state index in [1.807, 2.05) is 18.7 Å². The molecule has 2 N–H and O–H groups in total. The van der Waals surface area contributed by atoms with Crippen molar-refractivity contribution < 1.29 is 19.7 Å². The van der Waals surface area contributed by atoms with E-state index in [0.29, 0.717) is 29.4 Å². The first-order valence-corrected chi connectivity index (χ1v) is 6.78. The normalized spacial score (nSPS) is 12.4. The molecule has 0 amide bonds. The fraction of sp³-hybridized carbons (Fsp3) is 0.500. The Morgan fingerprint density at radius 2 is 2.15 bits per heavy atom. The highest BCUT2D eigenvalue weighted by Gasteiger charge is 2.18. The number of methoxy groups -OCH3 is 1. The molecule has 0 spiro atoms. The van der Waals surface area contributed by atoms with Crippen molar-refractivity contribution in [2.45, 2.75) is 32.9 Å². The Balaban J connectivity index is 2.95. The zero-order valence-corrected chi connectivity index (χ0v) is 12.6. The first kappa shape index (κ1) is 16.6. The Kier molecular flexibility index (Phi) is 6.10. The molecule has 0 radical (unpaired) electrons. The molecule has 5 nitrogen and oxygen atoms in total. The van der Waals surface area contributed by atoms with Crippen molar-refractivity contribution in [3.05, 3.63) is 22.7 Å². The fourth-order valence-electron chi connectivity index (χ4n) is 2.08. The van der Waals surface area contributed by atoms with Crippen LogP contribution in [0.1, 0.15) is 25.8 Å². The number of phenolic OH excluding ortho intramolecular Hbond substituents is 1. The largest absolute Gasteiger partial charge is 0.504 e. The van der Waals surface area contributed by atoms with Crippen molar-refractivity contribution in [1.29, 1.82) is 0 Å². The van der Waals surface area contributed by atoms with E-state index in [4.69, 9.17) is 21.4 Å². The number of halogens is 1. The number of aliphatic carboxylic acids is 1. The van der Waals surface area contributed by atoms with Crippen LogP contribution in [0.4, 0.5) is 0 Å². The monoisotopic (exact) mass is 301 g/mol. The second kappa shape index (κ2) is 7.36. The van der Waals surface area contributed by atoms with Crippen LogP contribution < -0.4 is 4.74 Å². The third-order valence-corrected chi connectivity index (χ3v) is 3.43. The van der Waals surface area contributed by atoms with Gasteiger partial charge in [0.15, 0.2) is 11.5 Å². The summed E-state index contributed by atoms with van der Waals surface area (Å²) in [7, 11) is 1.46. The lowest BCUT2D eigenvalue weighted by atomic mass is 10.1. The number of carbonyl (C=O) groups is 1. The van der Waals surface area contributed by atoms with E-state index < -0.39 is 5.97 Å². The molecule has 1 rings (SSSR count). The first-order valence-electron chi connectivity index (χ1n) is 6.40. The molecule has 0 aliphatic carbocycles. The number of rotatable bonds is 7. The van der Waals surface area contributed by atoms with Gasteiger partial charge in [-0.05, 0) is 19.5 Å². The van der Waals surface area contributed by atoms with Crippen molar-refractivity contribution in [3.63, 3.8) is 0 Å². The molecule has 0 fully saturated rings. The van der Waals surface area contributed by atoms with Gasteiger partial charge in [0.25, 0.3) is 0 Å². The molecule has 0 aromatic heterocycles. The summed E-state index contributed by atoms with van der Waals surface area (Å²) in [5, 5.41) is 19.4. The number of aromatic hydroxyl groups is 1. The molecule has 112 valence electrons. The van der Waals surface area contributed by atoms with Gasteiger partial charge in [0.1, 0.15) is 0 Å². The molecule has 0 saturated heterocycles. The number of carboxylic acid groups (broad SMARTS) is 1. The highest BCUT2D eigenvalue weighted by molar-refractivity contribution is 6.30. The number of ether oxygens (including phenoxy) is 1. The number of hydrogen-bond acceptors (Lipinski definition) is 4. The fourth-order valence-corrected chi connectivity index (χ4v) is 2.32. The summed E-state index contributed by atoms with van der Waals surface area (Å²) in [6.07, 6.45) is 0.0479. The molecule has 1 unspecified atom stereocenters. The van der Waals surface area contributed by atoms with E-state index in [1.165, 1.54) is 13.2 Å². The van der Waals surface area contributed by atoms with Crippen molar-refractivity contribution in [2.75, 3.05) is 13.7 Å². The van der Waals surface area contributed by atoms with Gasteiger partial charge in [-0.15, -0.1) is 0 Å². The lowest BCUT2D eigenvalue weighted by molar-refractivity contribution is -0.138. The zero-order chi connectivity index (χ0) is 15.3. The van der Waals surface area contributed by atoms with Gasteiger partial charge in [-0.25, -0.2) is 0 Å². The minimum Gasteiger partial charge on any atom is -0.504 e. The molecular formula is C14H20ClNO4. The van der Waals surface area contributed by atoms with Crippen LogP contribution in [-0.4, -0.2) is 40.8 Å². The molecular weight excluding hydrogens is 282 g/mol. The third kappa shape index (κ3) is 4.28. The number of nitrogens with zero attached hydrogens (tertiary/aromatic N) is 1. The van der Waals surface area contributed by atoms with Crippen molar-refractivity contribution in [2.24, 2.45) is 0 Å². The van der Waals surface area contributed by atoms with E-state index in [9.17, 15) is 9.90 Å². The van der Waals surface area contributed by atoms with E-state index in [1.54, 1.807) is 6.07 Å². The quantitative estimate of drug-likeness (QED) is 0.810. The van der Waals surface area contributed by atoms with Gasteiger partial charge in [0.05, 0.1) is 13.5 Å². The number of benzene rings is 1. The maximum atomic E-state index is 10.8. The topological polar surface area (TPSA) is 70.0 Å². The number of carboxylic acids is 1. The van der Waals surface area contributed by atoms with Crippen LogP contribution in [0.15, 0.2) is 12.1 Å². The summed E-state index contributed by atoms with van der Waals surface area (Å²) in [5.41, 5.74) is 0.619. The van der Waals surface area contributed by atoms with Gasteiger partial charge in [0.2, 0.25) is 0 Å². The van der Waals surface area contributed by atoms with Crippen LogP contribution in [0.3, 0.4) is 0 Å². The molecule has 0 aliphatic rings. The highest BCUT2D eigenvalue weighted by Crippen LogP contribution is 2.34. The molecule has 20 heavy (non-hydrogen) atoms. The zero-order valence-electron chi connectivity index (χ0n) is 11.9. The van der Waals surface area contributed by atoms with Crippen molar-refractivity contribution in [3.8, 4) is 11.5 Å². The van der Waals surface area contributed by atoms with Crippen LogP contribution in [0, 0.1) is 0 Å². The summed E-state index contributed by atoms with van der Waals surface area (Å²) in [5.74, 6) is -0.490. The first-order chi connectivity index (χ1) is 9.38. The van der Waals surface area contributed by atoms with Crippen LogP contribution in [0.25, 0.3) is 0 Å². The van der Waals surface area contributed by atoms with Crippen molar-refractivity contribution >= 4 is 17.6 Å². The molecule has 0 bridgehead atoms. The second-order valence-corrected chi connectivity index (χ2v) is 5.06. The smallest absolute Gasteiger partial charge is 0.304 e. The molecule has 1 atom stereocenters. The average Bonchev–Trinajstić information content (AvgIpc) is 2.38. The molecule has 0 aliphatic heterocycles. The number of phenols is 1. The molecule has 0 saturated carbocycles. The summed E-state index contributed by atoms with van der Waals surface area (Å²) in [6, 6.07) is 3.06. The predicted octanol–water partition coefficient (Wildman–Crippen LogP) is 2.74. The Morgan fingerprint density at radius 3 is 2.65 bits per heavy atom. The van der Waals surface area contributed by atoms with Gasteiger partial charge in [-0.1, -0.05) is 18.5 Å². The van der Waals surface area contributed by atoms with Crippen molar-refractivity contribution in [1.82, 2.24) is 4.90 Å². The van der Waals surface area contributed by atoms with Crippen LogP contribution in [0.5, 0.6) is 11.5 Å².